The van der Waals surface area contributed by atoms with Crippen LogP contribution in [-0.4, -0.2) is 47.3 Å². The number of pyridine rings is 1. The number of aryl methyl sites for hydroxylation is 1. The van der Waals surface area contributed by atoms with E-state index in [0.717, 1.165) is 11.1 Å². The third-order valence-electron chi connectivity index (χ3n) is 3.76. The molecule has 0 unspecified atom stereocenters. The Hall–Kier alpha value is -1.95. The number of carbonyl (C=O) groups is 1. The number of aromatic nitrogens is 2. The molecular weight excluding hydrogens is 270 g/mol. The van der Waals surface area contributed by atoms with Crippen LogP contribution in [0.15, 0.2) is 10.6 Å². The van der Waals surface area contributed by atoms with Gasteiger partial charge in [-0.15, -0.1) is 0 Å². The molecule has 2 aromatic rings. The molecule has 0 atom stereocenters. The maximum Gasteiger partial charge on any atom is 0.259 e. The van der Waals surface area contributed by atoms with Crippen LogP contribution in [0.2, 0.25) is 0 Å². The molecule has 0 aromatic carbocycles. The van der Waals surface area contributed by atoms with Crippen molar-refractivity contribution in [2.24, 2.45) is 0 Å². The fraction of sp³-hybridized carbons (Fsp3) is 0.533. The predicted octanol–water partition coefficient (Wildman–Crippen LogP) is 2.13. The van der Waals surface area contributed by atoms with Gasteiger partial charge < -0.3 is 14.2 Å². The van der Waals surface area contributed by atoms with E-state index < -0.39 is 0 Å². The molecule has 1 aliphatic rings. The monoisotopic (exact) mass is 289 g/mol. The van der Waals surface area contributed by atoms with Crippen LogP contribution in [0.4, 0.5) is 0 Å². The largest absolute Gasteiger partial charge is 0.378 e. The maximum atomic E-state index is 12.8. The summed E-state index contributed by atoms with van der Waals surface area (Å²) in [5, 5.41) is 4.67. The first-order valence-corrected chi connectivity index (χ1v) is 7.22. The van der Waals surface area contributed by atoms with E-state index in [1.807, 2.05) is 31.7 Å². The number of amides is 1. The summed E-state index contributed by atoms with van der Waals surface area (Å²) in [6.45, 7) is 8.31. The lowest BCUT2D eigenvalue weighted by Gasteiger charge is -2.27. The second-order valence-electron chi connectivity index (χ2n) is 5.60. The molecule has 0 spiro atoms. The van der Waals surface area contributed by atoms with Crippen LogP contribution < -0.4 is 0 Å². The Morgan fingerprint density at radius 2 is 2.05 bits per heavy atom. The lowest BCUT2D eigenvalue weighted by Crippen LogP contribution is -2.40. The summed E-state index contributed by atoms with van der Waals surface area (Å²) >= 11 is 0. The van der Waals surface area contributed by atoms with Crippen molar-refractivity contribution in [1.82, 2.24) is 15.0 Å². The summed E-state index contributed by atoms with van der Waals surface area (Å²) in [6, 6.07) is 1.87. The van der Waals surface area contributed by atoms with Gasteiger partial charge in [0.2, 0.25) is 0 Å². The normalized spacial score (nSPS) is 15.9. The minimum Gasteiger partial charge on any atom is -0.378 e. The van der Waals surface area contributed by atoms with Crippen molar-refractivity contribution in [3.8, 4) is 0 Å². The number of rotatable bonds is 2. The van der Waals surface area contributed by atoms with Crippen LogP contribution in [0.5, 0.6) is 0 Å². The first-order chi connectivity index (χ1) is 10.1. The molecule has 0 saturated carbocycles. The van der Waals surface area contributed by atoms with Gasteiger partial charge in [0.15, 0.2) is 0 Å². The van der Waals surface area contributed by atoms with Gasteiger partial charge in [0, 0.05) is 18.8 Å². The van der Waals surface area contributed by atoms with Crippen LogP contribution in [0, 0.1) is 6.92 Å². The van der Waals surface area contributed by atoms with E-state index in [1.165, 1.54) is 0 Å². The van der Waals surface area contributed by atoms with E-state index in [9.17, 15) is 4.79 Å². The Bertz CT molecular complexity index is 672. The second-order valence-corrected chi connectivity index (χ2v) is 5.60. The highest BCUT2D eigenvalue weighted by Crippen LogP contribution is 2.26. The van der Waals surface area contributed by atoms with Crippen LogP contribution in [-0.2, 0) is 4.74 Å². The minimum atomic E-state index is -0.00102. The van der Waals surface area contributed by atoms with Gasteiger partial charge in [-0.25, -0.2) is 4.98 Å². The topological polar surface area (TPSA) is 68.5 Å². The number of ether oxygens (including phenoxy) is 1. The molecule has 6 heteroatoms. The highest BCUT2D eigenvalue weighted by molar-refractivity contribution is 6.06. The lowest BCUT2D eigenvalue weighted by molar-refractivity contribution is 0.0304. The molecule has 3 rings (SSSR count). The Balaban J connectivity index is 2.10. The number of morpholine rings is 1. The fourth-order valence-electron chi connectivity index (χ4n) is 2.51. The molecule has 1 amide bonds. The SMILES string of the molecule is Cc1noc2nc(C(C)C)cc(C(=O)N3CCOCC3)c12. The molecule has 0 bridgehead atoms. The van der Waals surface area contributed by atoms with Gasteiger partial charge in [-0.1, -0.05) is 19.0 Å². The molecule has 21 heavy (non-hydrogen) atoms. The third kappa shape index (κ3) is 2.51. The average molecular weight is 289 g/mol. The van der Waals surface area contributed by atoms with Gasteiger partial charge >= 0.3 is 0 Å². The quantitative estimate of drug-likeness (QED) is 0.847. The summed E-state index contributed by atoms with van der Waals surface area (Å²) in [7, 11) is 0. The summed E-state index contributed by atoms with van der Waals surface area (Å²) in [5.41, 5.74) is 2.61. The Morgan fingerprint density at radius 3 is 2.71 bits per heavy atom. The van der Waals surface area contributed by atoms with Gasteiger partial charge in [0.1, 0.15) is 0 Å². The molecule has 1 fully saturated rings. The van der Waals surface area contributed by atoms with Gasteiger partial charge in [-0.3, -0.25) is 4.79 Å². The van der Waals surface area contributed by atoms with Crippen molar-refractivity contribution in [1.29, 1.82) is 0 Å². The van der Waals surface area contributed by atoms with Gasteiger partial charge in [-0.05, 0) is 18.9 Å². The second kappa shape index (κ2) is 5.44. The van der Waals surface area contributed by atoms with Crippen molar-refractivity contribution in [2.75, 3.05) is 26.3 Å². The van der Waals surface area contributed by atoms with Gasteiger partial charge in [-0.2, -0.15) is 0 Å². The van der Waals surface area contributed by atoms with Crippen LogP contribution in [0.3, 0.4) is 0 Å². The van der Waals surface area contributed by atoms with Crippen molar-refractivity contribution in [2.45, 2.75) is 26.7 Å². The Kier molecular flexibility index (Phi) is 3.63. The molecule has 3 heterocycles. The summed E-state index contributed by atoms with van der Waals surface area (Å²) < 4.78 is 10.6. The average Bonchev–Trinajstić information content (AvgIpc) is 2.88. The first-order valence-electron chi connectivity index (χ1n) is 7.22. The predicted molar refractivity (Wildman–Crippen MR) is 77.4 cm³/mol. The highest BCUT2D eigenvalue weighted by Gasteiger charge is 2.24. The zero-order chi connectivity index (χ0) is 15.0. The van der Waals surface area contributed by atoms with E-state index >= 15 is 0 Å². The molecule has 1 aliphatic heterocycles. The molecule has 1 saturated heterocycles. The van der Waals surface area contributed by atoms with Gasteiger partial charge in [0.05, 0.1) is 29.9 Å². The first kappa shape index (κ1) is 14.0. The van der Waals surface area contributed by atoms with Crippen LogP contribution in [0.25, 0.3) is 11.1 Å². The number of carbonyl (C=O) groups excluding carboxylic acids is 1. The van der Waals surface area contributed by atoms with Gasteiger partial charge in [0.25, 0.3) is 11.6 Å². The minimum absolute atomic E-state index is 0.00102. The summed E-state index contributed by atoms with van der Waals surface area (Å²) in [6.07, 6.45) is 0. The van der Waals surface area contributed by atoms with E-state index in [0.29, 0.717) is 43.3 Å². The molecule has 2 aromatic heterocycles. The molecule has 0 radical (unpaired) electrons. The van der Waals surface area contributed by atoms with Crippen LogP contribution >= 0.6 is 0 Å². The van der Waals surface area contributed by atoms with Crippen molar-refractivity contribution >= 4 is 17.0 Å². The summed E-state index contributed by atoms with van der Waals surface area (Å²) in [4.78, 5) is 19.1. The smallest absolute Gasteiger partial charge is 0.259 e. The van der Waals surface area contributed by atoms with E-state index in [-0.39, 0.29) is 11.8 Å². The number of hydrogen-bond donors (Lipinski definition) is 0. The molecule has 6 nitrogen and oxygen atoms in total. The number of nitrogens with zero attached hydrogens (tertiary/aromatic N) is 3. The number of fused-ring (bicyclic) bond motifs is 1. The number of hydrogen-bond acceptors (Lipinski definition) is 5. The van der Waals surface area contributed by atoms with E-state index in [1.54, 1.807) is 0 Å². The zero-order valence-corrected chi connectivity index (χ0v) is 12.5. The fourth-order valence-corrected chi connectivity index (χ4v) is 2.51. The Morgan fingerprint density at radius 1 is 1.33 bits per heavy atom. The third-order valence-corrected chi connectivity index (χ3v) is 3.76. The molecule has 0 N–H and O–H groups in total. The van der Waals surface area contributed by atoms with Crippen molar-refractivity contribution < 1.29 is 14.1 Å². The highest BCUT2D eigenvalue weighted by atomic mass is 16.5. The van der Waals surface area contributed by atoms with Crippen LogP contribution in [0.1, 0.15) is 41.5 Å². The molecule has 0 aliphatic carbocycles. The molecule has 112 valence electrons. The van der Waals surface area contributed by atoms with Crippen molar-refractivity contribution in [3.63, 3.8) is 0 Å². The Labute approximate surface area is 123 Å². The summed E-state index contributed by atoms with van der Waals surface area (Å²) in [5.74, 6) is 0.218. The lowest BCUT2D eigenvalue weighted by atomic mass is 10.0. The standard InChI is InChI=1S/C15H19N3O3/c1-9(2)12-8-11(13-10(3)17-21-14(13)16-12)15(19)18-4-6-20-7-5-18/h8-9H,4-7H2,1-3H3. The van der Waals surface area contributed by atoms with E-state index in [4.69, 9.17) is 9.26 Å². The van der Waals surface area contributed by atoms with Crippen molar-refractivity contribution in [3.05, 3.63) is 23.0 Å². The maximum absolute atomic E-state index is 12.8. The zero-order valence-electron chi connectivity index (χ0n) is 12.5. The van der Waals surface area contributed by atoms with E-state index in [2.05, 4.69) is 10.1 Å². The molecular formula is C15H19N3O3.